The maximum Gasteiger partial charge on any atom is 0.303 e. The van der Waals surface area contributed by atoms with Gasteiger partial charge >= 0.3 is 5.97 Å². The Morgan fingerprint density at radius 2 is 1.94 bits per heavy atom. The first kappa shape index (κ1) is 12.4. The summed E-state index contributed by atoms with van der Waals surface area (Å²) in [5.74, 6) is 0.381. The van der Waals surface area contributed by atoms with E-state index < -0.39 is 5.97 Å². The number of carbonyl (C=O) groups is 2. The van der Waals surface area contributed by atoms with Crippen LogP contribution in [0.1, 0.15) is 45.4 Å². The van der Waals surface area contributed by atoms with Crippen molar-refractivity contribution in [3.05, 3.63) is 0 Å². The van der Waals surface area contributed by atoms with Crippen LogP contribution in [0.2, 0.25) is 0 Å². The highest BCUT2D eigenvalue weighted by Crippen LogP contribution is 2.39. The number of nitrogens with zero attached hydrogens (tertiary/aromatic N) is 1. The van der Waals surface area contributed by atoms with Crippen LogP contribution >= 0.6 is 0 Å². The largest absolute Gasteiger partial charge is 0.481 e. The lowest BCUT2D eigenvalue weighted by Gasteiger charge is -2.32. The Kier molecular flexibility index (Phi) is 3.69. The molecule has 2 rings (SSSR count). The Bertz CT molecular complexity index is 316. The lowest BCUT2D eigenvalue weighted by molar-refractivity contribution is -0.141. The quantitative estimate of drug-likeness (QED) is 0.818. The molecule has 4 heteroatoms. The smallest absolute Gasteiger partial charge is 0.303 e. The van der Waals surface area contributed by atoms with Gasteiger partial charge in [0.2, 0.25) is 5.91 Å². The Labute approximate surface area is 102 Å². The Hall–Kier alpha value is -1.06. The highest BCUT2D eigenvalue weighted by atomic mass is 16.4. The summed E-state index contributed by atoms with van der Waals surface area (Å²) in [6.07, 6.45) is 4.94. The van der Waals surface area contributed by atoms with Crippen molar-refractivity contribution in [1.82, 2.24) is 4.90 Å². The van der Waals surface area contributed by atoms with Crippen molar-refractivity contribution < 1.29 is 14.7 Å². The number of carbonyl (C=O) groups excluding carboxylic acids is 1. The second kappa shape index (κ2) is 5.07. The van der Waals surface area contributed by atoms with Crippen molar-refractivity contribution in [3.8, 4) is 0 Å². The van der Waals surface area contributed by atoms with Gasteiger partial charge in [-0.15, -0.1) is 0 Å². The van der Waals surface area contributed by atoms with Crippen LogP contribution in [-0.4, -0.2) is 34.5 Å². The van der Waals surface area contributed by atoms with Crippen LogP contribution < -0.4 is 0 Å². The first-order chi connectivity index (χ1) is 8.09. The van der Waals surface area contributed by atoms with E-state index in [1.54, 1.807) is 0 Å². The summed E-state index contributed by atoms with van der Waals surface area (Å²) in [7, 11) is 0. The molecule has 0 aromatic carbocycles. The Balaban J connectivity index is 1.96. The second-order valence-electron chi connectivity index (χ2n) is 5.43. The van der Waals surface area contributed by atoms with Crippen LogP contribution in [0.5, 0.6) is 0 Å². The molecule has 0 radical (unpaired) electrons. The number of hydrogen-bond donors (Lipinski definition) is 1. The molecule has 2 fully saturated rings. The molecular weight excluding hydrogens is 218 g/mol. The maximum absolute atomic E-state index is 12.0. The fourth-order valence-corrected chi connectivity index (χ4v) is 3.42. The molecule has 3 atom stereocenters. The number of likely N-dealkylation sites (tertiary alicyclic amines) is 1. The predicted molar refractivity (Wildman–Crippen MR) is 63.5 cm³/mol. The van der Waals surface area contributed by atoms with Crippen molar-refractivity contribution in [2.24, 2.45) is 11.8 Å². The lowest BCUT2D eigenvalue weighted by Crippen LogP contribution is -2.39. The molecule has 3 unspecified atom stereocenters. The standard InChI is InChI=1S/C13H21NO3/c1-9-8-14(12(15)6-7-13(16)17)11-5-3-2-4-10(9)11/h9-11H,2-8H2,1H3,(H,16,17). The summed E-state index contributed by atoms with van der Waals surface area (Å²) in [5.41, 5.74) is 0. The van der Waals surface area contributed by atoms with E-state index in [-0.39, 0.29) is 18.7 Å². The SMILES string of the molecule is CC1CN(C(=O)CCC(=O)O)C2CCCCC12. The van der Waals surface area contributed by atoms with Crippen LogP contribution in [0, 0.1) is 11.8 Å². The summed E-state index contributed by atoms with van der Waals surface area (Å²) < 4.78 is 0. The number of carboxylic acids is 1. The van der Waals surface area contributed by atoms with E-state index in [1.165, 1.54) is 19.3 Å². The minimum absolute atomic E-state index is 0.0358. The van der Waals surface area contributed by atoms with Gasteiger partial charge in [-0.05, 0) is 24.7 Å². The van der Waals surface area contributed by atoms with Crippen molar-refractivity contribution in [2.75, 3.05) is 6.54 Å². The van der Waals surface area contributed by atoms with E-state index in [9.17, 15) is 9.59 Å². The zero-order valence-corrected chi connectivity index (χ0v) is 10.4. The number of amides is 1. The van der Waals surface area contributed by atoms with E-state index in [0.717, 1.165) is 13.0 Å². The summed E-state index contributed by atoms with van der Waals surface area (Å²) in [4.78, 5) is 24.5. The average molecular weight is 239 g/mol. The third kappa shape index (κ3) is 2.61. The van der Waals surface area contributed by atoms with Gasteiger partial charge in [0.15, 0.2) is 0 Å². The van der Waals surface area contributed by atoms with E-state index in [0.29, 0.717) is 17.9 Å². The van der Waals surface area contributed by atoms with Crippen LogP contribution in [-0.2, 0) is 9.59 Å². The zero-order chi connectivity index (χ0) is 12.4. The van der Waals surface area contributed by atoms with Gasteiger partial charge in [0, 0.05) is 19.0 Å². The number of aliphatic carboxylic acids is 1. The second-order valence-corrected chi connectivity index (χ2v) is 5.43. The van der Waals surface area contributed by atoms with E-state index >= 15 is 0 Å². The molecule has 96 valence electrons. The normalized spacial score (nSPS) is 32.3. The van der Waals surface area contributed by atoms with Crippen LogP contribution in [0.4, 0.5) is 0 Å². The first-order valence-electron chi connectivity index (χ1n) is 6.61. The molecule has 1 saturated heterocycles. The molecule has 1 amide bonds. The van der Waals surface area contributed by atoms with Gasteiger partial charge in [0.25, 0.3) is 0 Å². The fourth-order valence-electron chi connectivity index (χ4n) is 3.42. The molecular formula is C13H21NO3. The van der Waals surface area contributed by atoms with Gasteiger partial charge in [-0.3, -0.25) is 9.59 Å². The summed E-state index contributed by atoms with van der Waals surface area (Å²) in [6, 6.07) is 0.389. The molecule has 1 aliphatic carbocycles. The number of rotatable bonds is 3. The molecule has 1 saturated carbocycles. The van der Waals surface area contributed by atoms with Crippen molar-refractivity contribution >= 4 is 11.9 Å². The number of hydrogen-bond acceptors (Lipinski definition) is 2. The average Bonchev–Trinajstić information content (AvgIpc) is 2.65. The van der Waals surface area contributed by atoms with Crippen molar-refractivity contribution in [3.63, 3.8) is 0 Å². The third-order valence-electron chi connectivity index (χ3n) is 4.27. The lowest BCUT2D eigenvalue weighted by atomic mass is 9.80. The Morgan fingerprint density at radius 1 is 1.24 bits per heavy atom. The van der Waals surface area contributed by atoms with Crippen molar-refractivity contribution in [1.29, 1.82) is 0 Å². The maximum atomic E-state index is 12.0. The molecule has 1 aliphatic heterocycles. The summed E-state index contributed by atoms with van der Waals surface area (Å²) in [6.45, 7) is 3.04. The Morgan fingerprint density at radius 3 is 2.65 bits per heavy atom. The molecule has 0 aromatic heterocycles. The van der Waals surface area contributed by atoms with Gasteiger partial charge in [-0.2, -0.15) is 0 Å². The topological polar surface area (TPSA) is 57.6 Å². The molecule has 0 aromatic rings. The molecule has 2 aliphatic rings. The van der Waals surface area contributed by atoms with Gasteiger partial charge in [0.05, 0.1) is 6.42 Å². The van der Waals surface area contributed by atoms with E-state index in [1.807, 2.05) is 4.90 Å². The molecule has 4 nitrogen and oxygen atoms in total. The minimum atomic E-state index is -0.884. The molecule has 1 heterocycles. The number of carboxylic acid groups (broad SMARTS) is 1. The molecule has 0 spiro atoms. The van der Waals surface area contributed by atoms with E-state index in [2.05, 4.69) is 6.92 Å². The predicted octanol–water partition coefficient (Wildman–Crippen LogP) is 1.89. The van der Waals surface area contributed by atoms with Gasteiger partial charge in [-0.1, -0.05) is 19.8 Å². The highest BCUT2D eigenvalue weighted by Gasteiger charge is 2.42. The van der Waals surface area contributed by atoms with Crippen LogP contribution in [0.15, 0.2) is 0 Å². The molecule has 1 N–H and O–H groups in total. The van der Waals surface area contributed by atoms with Crippen LogP contribution in [0.25, 0.3) is 0 Å². The fraction of sp³-hybridized carbons (Fsp3) is 0.846. The minimum Gasteiger partial charge on any atom is -0.481 e. The van der Waals surface area contributed by atoms with Crippen molar-refractivity contribution in [2.45, 2.75) is 51.5 Å². The van der Waals surface area contributed by atoms with Gasteiger partial charge < -0.3 is 10.0 Å². The molecule has 17 heavy (non-hydrogen) atoms. The van der Waals surface area contributed by atoms with E-state index in [4.69, 9.17) is 5.11 Å². The summed E-state index contributed by atoms with van der Waals surface area (Å²) in [5, 5.41) is 8.62. The summed E-state index contributed by atoms with van der Waals surface area (Å²) >= 11 is 0. The molecule has 0 bridgehead atoms. The highest BCUT2D eigenvalue weighted by molar-refractivity contribution is 5.81. The number of fused-ring (bicyclic) bond motifs is 1. The first-order valence-corrected chi connectivity index (χ1v) is 6.61. The monoisotopic (exact) mass is 239 g/mol. The van der Waals surface area contributed by atoms with Gasteiger partial charge in [-0.25, -0.2) is 0 Å². The van der Waals surface area contributed by atoms with Crippen LogP contribution in [0.3, 0.4) is 0 Å². The van der Waals surface area contributed by atoms with Gasteiger partial charge in [0.1, 0.15) is 0 Å². The third-order valence-corrected chi connectivity index (χ3v) is 4.27. The zero-order valence-electron chi connectivity index (χ0n) is 10.4.